The highest BCUT2D eigenvalue weighted by Crippen LogP contribution is 2.36. The summed E-state index contributed by atoms with van der Waals surface area (Å²) in [5.74, 6) is -1.25. The number of carbonyl (C=O) groups is 1. The summed E-state index contributed by atoms with van der Waals surface area (Å²) in [5.41, 5.74) is 1.62. The Balaban J connectivity index is 1.94. The second-order valence-corrected chi connectivity index (χ2v) is 7.29. The van der Waals surface area contributed by atoms with Crippen molar-refractivity contribution in [1.82, 2.24) is 0 Å². The van der Waals surface area contributed by atoms with Crippen LogP contribution in [0.25, 0.3) is 11.1 Å². The van der Waals surface area contributed by atoms with Crippen LogP contribution in [0.15, 0.2) is 48.5 Å². The Morgan fingerprint density at radius 3 is 2.34 bits per heavy atom. The number of aldehydes is 1. The van der Waals surface area contributed by atoms with E-state index in [1.165, 1.54) is 12.1 Å². The van der Waals surface area contributed by atoms with E-state index >= 15 is 0 Å². The van der Waals surface area contributed by atoms with Gasteiger partial charge in [-0.15, -0.1) is 0 Å². The normalized spacial score (nSPS) is 11.9. The van der Waals surface area contributed by atoms with Crippen LogP contribution in [0.2, 0.25) is 10.0 Å². The van der Waals surface area contributed by atoms with E-state index in [0.29, 0.717) is 39.6 Å². The van der Waals surface area contributed by atoms with Crippen molar-refractivity contribution < 1.29 is 23.4 Å². The van der Waals surface area contributed by atoms with Crippen LogP contribution in [-0.2, 0) is 11.2 Å². The van der Waals surface area contributed by atoms with Crippen molar-refractivity contribution in [3.05, 3.63) is 81.3 Å². The molecular weight excluding hydrogens is 421 g/mol. The Morgan fingerprint density at radius 2 is 1.72 bits per heavy atom. The minimum absolute atomic E-state index is 0.0783. The Bertz CT molecular complexity index is 1050. The lowest BCUT2D eigenvalue weighted by molar-refractivity contribution is -0.113. The van der Waals surface area contributed by atoms with Crippen molar-refractivity contribution in [2.75, 3.05) is 0 Å². The lowest BCUT2D eigenvalue weighted by Gasteiger charge is -2.14. The van der Waals surface area contributed by atoms with Crippen LogP contribution in [0.3, 0.4) is 0 Å². The predicted octanol–water partition coefficient (Wildman–Crippen LogP) is 6.20. The molecule has 0 radical (unpaired) electrons. The van der Waals surface area contributed by atoms with Gasteiger partial charge in [-0.1, -0.05) is 29.3 Å². The molecule has 7 heteroatoms. The van der Waals surface area contributed by atoms with Gasteiger partial charge >= 0.3 is 0 Å². The molecule has 1 atom stereocenters. The first-order valence-electron chi connectivity index (χ1n) is 8.65. The van der Waals surface area contributed by atoms with Gasteiger partial charge in [-0.25, -0.2) is 8.78 Å². The molecule has 29 heavy (non-hydrogen) atoms. The molecule has 3 aromatic carbocycles. The first-order valence-corrected chi connectivity index (χ1v) is 9.41. The van der Waals surface area contributed by atoms with Gasteiger partial charge in [0.1, 0.15) is 23.1 Å². The van der Waals surface area contributed by atoms with E-state index in [-0.39, 0.29) is 16.9 Å². The molecule has 0 bridgehead atoms. The predicted molar refractivity (Wildman–Crippen MR) is 109 cm³/mol. The van der Waals surface area contributed by atoms with Crippen molar-refractivity contribution in [3.8, 4) is 22.6 Å². The number of halogens is 4. The zero-order valence-electron chi connectivity index (χ0n) is 15.3. The molecule has 0 aliphatic rings. The summed E-state index contributed by atoms with van der Waals surface area (Å²) in [4.78, 5) is 10.7. The van der Waals surface area contributed by atoms with E-state index in [0.717, 1.165) is 12.1 Å². The molecule has 0 amide bonds. The molecule has 1 N–H and O–H groups in total. The maximum absolute atomic E-state index is 14.1. The van der Waals surface area contributed by atoms with Gasteiger partial charge in [0.25, 0.3) is 0 Å². The SMILES string of the molecule is CC(C=O)Oc1cc(Cl)c(Cc2ccc(O)c(-c3ccc(F)cc3F)c2)c(Cl)c1. The third-order valence-corrected chi connectivity index (χ3v) is 4.97. The van der Waals surface area contributed by atoms with Crippen LogP contribution in [0.4, 0.5) is 8.78 Å². The summed E-state index contributed by atoms with van der Waals surface area (Å²) in [7, 11) is 0. The molecule has 3 nitrogen and oxygen atoms in total. The standard InChI is InChI=1S/C22H16Cl2F2O3/c1-12(11-27)29-15-9-19(23)18(20(24)10-15)7-13-2-5-22(28)17(6-13)16-4-3-14(25)8-21(16)26/h2-6,8-12,28H,7H2,1H3. The van der Waals surface area contributed by atoms with Gasteiger partial charge in [-0.3, -0.25) is 4.79 Å². The second kappa shape index (κ2) is 8.80. The van der Waals surface area contributed by atoms with Crippen molar-refractivity contribution in [2.45, 2.75) is 19.4 Å². The van der Waals surface area contributed by atoms with Crippen LogP contribution in [0.5, 0.6) is 11.5 Å². The fourth-order valence-electron chi connectivity index (χ4n) is 2.88. The minimum Gasteiger partial charge on any atom is -0.507 e. The zero-order chi connectivity index (χ0) is 21.1. The third kappa shape index (κ3) is 4.86. The molecule has 1 unspecified atom stereocenters. The maximum atomic E-state index is 14.1. The number of phenols is 1. The molecule has 0 aliphatic carbocycles. The minimum atomic E-state index is -0.778. The largest absolute Gasteiger partial charge is 0.507 e. The third-order valence-electron chi connectivity index (χ3n) is 4.29. The van der Waals surface area contributed by atoms with Crippen molar-refractivity contribution in [1.29, 1.82) is 0 Å². The Kier molecular flexibility index (Phi) is 6.40. The van der Waals surface area contributed by atoms with Crippen LogP contribution >= 0.6 is 23.2 Å². The van der Waals surface area contributed by atoms with E-state index in [2.05, 4.69) is 0 Å². The molecule has 0 aliphatic heterocycles. The molecule has 3 rings (SSSR count). The van der Waals surface area contributed by atoms with Crippen LogP contribution in [-0.4, -0.2) is 17.5 Å². The summed E-state index contributed by atoms with van der Waals surface area (Å²) in [5, 5.41) is 10.8. The van der Waals surface area contributed by atoms with Gasteiger partial charge in [-0.2, -0.15) is 0 Å². The van der Waals surface area contributed by atoms with E-state index in [9.17, 15) is 18.7 Å². The zero-order valence-corrected chi connectivity index (χ0v) is 16.8. The molecule has 150 valence electrons. The highest BCUT2D eigenvalue weighted by Gasteiger charge is 2.15. The summed E-state index contributed by atoms with van der Waals surface area (Å²) in [6.07, 6.45) is 0.317. The summed E-state index contributed by atoms with van der Waals surface area (Å²) in [6.45, 7) is 1.59. The number of rotatable bonds is 6. The molecular formula is C22H16Cl2F2O3. The van der Waals surface area contributed by atoms with Crippen LogP contribution < -0.4 is 4.74 Å². The second-order valence-electron chi connectivity index (χ2n) is 6.48. The van der Waals surface area contributed by atoms with Crippen LogP contribution in [0, 0.1) is 11.6 Å². The average Bonchev–Trinajstić information content (AvgIpc) is 2.66. The topological polar surface area (TPSA) is 46.5 Å². The average molecular weight is 437 g/mol. The van der Waals surface area contributed by atoms with Gasteiger partial charge in [0.15, 0.2) is 12.4 Å². The number of hydrogen-bond acceptors (Lipinski definition) is 3. The molecule has 0 saturated carbocycles. The number of carbonyl (C=O) groups excluding carboxylic acids is 1. The molecule has 0 saturated heterocycles. The number of hydrogen-bond donors (Lipinski definition) is 1. The Hall–Kier alpha value is -2.63. The number of ether oxygens (including phenoxy) is 1. The van der Waals surface area contributed by atoms with Gasteiger partial charge < -0.3 is 9.84 Å². The fourth-order valence-corrected chi connectivity index (χ4v) is 3.48. The van der Waals surface area contributed by atoms with Gasteiger partial charge in [0.05, 0.1) is 0 Å². The van der Waals surface area contributed by atoms with Gasteiger partial charge in [0.2, 0.25) is 0 Å². The van der Waals surface area contributed by atoms with Gasteiger partial charge in [-0.05, 0) is 54.4 Å². The van der Waals surface area contributed by atoms with E-state index in [1.807, 2.05) is 0 Å². The van der Waals surface area contributed by atoms with E-state index in [4.69, 9.17) is 27.9 Å². The number of phenolic OH excluding ortho intramolecular Hbond substituents is 1. The molecule has 0 fully saturated rings. The lowest BCUT2D eigenvalue weighted by atomic mass is 9.97. The molecule has 0 aromatic heterocycles. The van der Waals surface area contributed by atoms with E-state index in [1.54, 1.807) is 31.2 Å². The number of aromatic hydroxyl groups is 1. The smallest absolute Gasteiger partial charge is 0.160 e. The summed E-state index contributed by atoms with van der Waals surface area (Å²) < 4.78 is 32.7. The first kappa shape index (κ1) is 21.1. The molecule has 0 spiro atoms. The lowest BCUT2D eigenvalue weighted by Crippen LogP contribution is -2.12. The first-order chi connectivity index (χ1) is 13.8. The fraction of sp³-hybridized carbons (Fsp3) is 0.136. The van der Waals surface area contributed by atoms with Gasteiger partial charge in [0, 0.05) is 33.7 Å². The van der Waals surface area contributed by atoms with E-state index < -0.39 is 17.7 Å². The summed E-state index contributed by atoms with van der Waals surface area (Å²) >= 11 is 12.7. The molecule has 3 aromatic rings. The molecule has 0 heterocycles. The quantitative estimate of drug-likeness (QED) is 0.467. The van der Waals surface area contributed by atoms with Crippen LogP contribution in [0.1, 0.15) is 18.1 Å². The Labute approximate surface area is 176 Å². The highest BCUT2D eigenvalue weighted by molar-refractivity contribution is 6.36. The number of benzene rings is 3. The van der Waals surface area contributed by atoms with Crippen molar-refractivity contribution >= 4 is 29.5 Å². The Morgan fingerprint density at radius 1 is 1.03 bits per heavy atom. The maximum Gasteiger partial charge on any atom is 0.160 e. The monoisotopic (exact) mass is 436 g/mol. The summed E-state index contributed by atoms with van der Waals surface area (Å²) in [6, 6.07) is 10.9. The highest BCUT2D eigenvalue weighted by atomic mass is 35.5. The van der Waals surface area contributed by atoms with Crippen molar-refractivity contribution in [3.63, 3.8) is 0 Å². The van der Waals surface area contributed by atoms with Crippen molar-refractivity contribution in [2.24, 2.45) is 0 Å².